The minimum atomic E-state index is -8.74. The van der Waals surface area contributed by atoms with Crippen LogP contribution in [-0.4, -0.2) is 153 Å². The zero-order chi connectivity index (χ0) is 55.9. The standard InChI is InChI=1S/C39H42F17NO15/c1-18(58)57-27-25(69-20(3)60)16-31(30(63)64-6,72-29(27)28(71-22(5)62)26(70-21(4)61)17-67-19(2)59)68-15-14-66-24-10-8-23(9-11-24)65-13-7-12-32(40,41)33(42,43)34(44,45)35(46,47)36(48,49)37(50,51)38(52,53)39(54,55)56/h8-11,25-29H,7,12-17H2,1-6H3,(H,57,58)/t25-,26+,27+,28+,29+,31-/m0/s1. The number of rotatable bonds is 25. The summed E-state index contributed by atoms with van der Waals surface area (Å²) in [6, 6.07) is 2.44. The molecule has 0 aliphatic carbocycles. The van der Waals surface area contributed by atoms with Crippen LogP contribution in [0.2, 0.25) is 0 Å². The molecule has 0 spiro atoms. The number of benzene rings is 1. The van der Waals surface area contributed by atoms with Crippen molar-refractivity contribution in [3.05, 3.63) is 24.3 Å². The number of hydrogen-bond donors (Lipinski definition) is 1. The maximum atomic E-state index is 14.3. The molecule has 0 saturated carbocycles. The van der Waals surface area contributed by atoms with E-state index in [2.05, 4.69) is 5.32 Å². The van der Waals surface area contributed by atoms with Crippen molar-refractivity contribution in [3.8, 4) is 11.5 Å². The predicted octanol–water partition coefficient (Wildman–Crippen LogP) is 6.77. The second kappa shape index (κ2) is 23.1. The second-order valence-electron chi connectivity index (χ2n) is 15.2. The summed E-state index contributed by atoms with van der Waals surface area (Å²) in [6.07, 6.45) is -20.0. The van der Waals surface area contributed by atoms with E-state index in [-0.39, 0.29) is 11.5 Å². The van der Waals surface area contributed by atoms with E-state index >= 15 is 0 Å². The molecule has 1 heterocycles. The lowest BCUT2D eigenvalue weighted by molar-refractivity contribution is -0.461. The molecule has 1 aliphatic rings. The molecule has 1 aromatic rings. The molecule has 2 rings (SSSR count). The molecule has 1 aromatic carbocycles. The van der Waals surface area contributed by atoms with E-state index < -0.39 is 165 Å². The Morgan fingerprint density at radius 2 is 1.11 bits per heavy atom. The van der Waals surface area contributed by atoms with Gasteiger partial charge in [0, 0.05) is 41.0 Å². The van der Waals surface area contributed by atoms with Gasteiger partial charge in [-0.1, -0.05) is 0 Å². The van der Waals surface area contributed by atoms with Crippen molar-refractivity contribution in [2.24, 2.45) is 0 Å². The van der Waals surface area contributed by atoms with Crippen LogP contribution < -0.4 is 14.8 Å². The molecule has 1 amide bonds. The fraction of sp³-hybridized carbons (Fsp3) is 0.692. The lowest BCUT2D eigenvalue weighted by atomic mass is 9.88. The van der Waals surface area contributed by atoms with Crippen molar-refractivity contribution in [3.63, 3.8) is 0 Å². The highest BCUT2D eigenvalue weighted by atomic mass is 19.4. The number of ether oxygens (including phenoxy) is 9. The molecule has 0 bridgehead atoms. The average Bonchev–Trinajstić information content (AvgIpc) is 3.24. The third-order valence-electron chi connectivity index (χ3n) is 9.70. The first-order valence-electron chi connectivity index (χ1n) is 20.0. The van der Waals surface area contributed by atoms with Crippen LogP contribution in [0.4, 0.5) is 74.6 Å². The van der Waals surface area contributed by atoms with Gasteiger partial charge in [0.25, 0.3) is 5.79 Å². The van der Waals surface area contributed by atoms with Crippen molar-refractivity contribution < 1.29 is 146 Å². The summed E-state index contributed by atoms with van der Waals surface area (Å²) in [5.74, 6) is -66.5. The van der Waals surface area contributed by atoms with Crippen LogP contribution in [0.25, 0.3) is 0 Å². The number of nitrogens with one attached hydrogen (secondary N) is 1. The predicted molar refractivity (Wildman–Crippen MR) is 198 cm³/mol. The molecule has 16 nitrogen and oxygen atoms in total. The van der Waals surface area contributed by atoms with E-state index in [1.165, 1.54) is 0 Å². The summed E-state index contributed by atoms with van der Waals surface area (Å²) < 4.78 is 279. The Morgan fingerprint density at radius 1 is 0.639 bits per heavy atom. The van der Waals surface area contributed by atoms with Gasteiger partial charge < -0.3 is 47.9 Å². The SMILES string of the molecule is COC(=O)[C@]1(OCCOc2ccc(OCCCC(F)(F)C(F)(F)C(F)(F)C(F)(F)C(F)(F)C(F)(F)C(F)(F)C(F)(F)F)cc2)C[C@H](OC(C)=O)[C@@H](NC(C)=O)[C@H]([C@H](OC(C)=O)[C@@H](COC(C)=O)OC(C)=O)O1. The van der Waals surface area contributed by atoms with Gasteiger partial charge in [-0.25, -0.2) is 4.79 Å². The normalized spacial score (nSPS) is 20.3. The fourth-order valence-corrected chi connectivity index (χ4v) is 6.38. The Morgan fingerprint density at radius 3 is 1.54 bits per heavy atom. The van der Waals surface area contributed by atoms with Crippen molar-refractivity contribution in [2.75, 3.05) is 33.5 Å². The van der Waals surface area contributed by atoms with Gasteiger partial charge >= 0.3 is 77.5 Å². The Labute approximate surface area is 394 Å². The van der Waals surface area contributed by atoms with E-state index in [1.807, 2.05) is 0 Å². The molecular weight excluding hydrogens is 1050 g/mol. The van der Waals surface area contributed by atoms with Gasteiger partial charge in [0.05, 0.1) is 32.8 Å². The minimum Gasteiger partial charge on any atom is -0.494 e. The summed E-state index contributed by atoms with van der Waals surface area (Å²) in [5.41, 5.74) is 0. The lowest BCUT2D eigenvalue weighted by Crippen LogP contribution is -2.74. The van der Waals surface area contributed by atoms with Gasteiger partial charge in [-0.05, 0) is 30.7 Å². The summed E-state index contributed by atoms with van der Waals surface area (Å²) in [4.78, 5) is 74.4. The first-order valence-corrected chi connectivity index (χ1v) is 20.0. The zero-order valence-electron chi connectivity index (χ0n) is 37.7. The highest BCUT2D eigenvalue weighted by Crippen LogP contribution is 2.64. The molecule has 1 aliphatic heterocycles. The molecule has 1 N–H and O–H groups in total. The molecule has 412 valence electrons. The maximum Gasteiger partial charge on any atom is 0.460 e. The number of alkyl halides is 17. The molecule has 1 fully saturated rings. The van der Waals surface area contributed by atoms with Gasteiger partial charge in [0.15, 0.2) is 12.2 Å². The van der Waals surface area contributed by atoms with Crippen LogP contribution >= 0.6 is 0 Å². The number of amides is 1. The largest absolute Gasteiger partial charge is 0.494 e. The fourth-order valence-electron chi connectivity index (χ4n) is 6.38. The third kappa shape index (κ3) is 13.5. The first-order chi connectivity index (χ1) is 32.6. The summed E-state index contributed by atoms with van der Waals surface area (Å²) in [6.45, 7) is 1.45. The van der Waals surface area contributed by atoms with Crippen molar-refractivity contribution in [2.45, 2.75) is 138 Å². The molecule has 0 aromatic heterocycles. The van der Waals surface area contributed by atoms with Gasteiger partial charge in [-0.2, -0.15) is 74.6 Å². The van der Waals surface area contributed by atoms with Gasteiger partial charge in [0.2, 0.25) is 5.91 Å². The molecule has 0 unspecified atom stereocenters. The van der Waals surface area contributed by atoms with Gasteiger partial charge in [0.1, 0.15) is 36.9 Å². The lowest BCUT2D eigenvalue weighted by Gasteiger charge is -2.48. The molecule has 1 saturated heterocycles. The molecule has 6 atom stereocenters. The van der Waals surface area contributed by atoms with Crippen LogP contribution in [0.15, 0.2) is 24.3 Å². The van der Waals surface area contributed by atoms with E-state index in [1.54, 1.807) is 0 Å². The number of carbonyl (C=O) groups is 6. The Kier molecular flexibility index (Phi) is 20.0. The number of hydrogen-bond acceptors (Lipinski definition) is 15. The number of esters is 5. The molecule has 33 heteroatoms. The molecule has 72 heavy (non-hydrogen) atoms. The van der Waals surface area contributed by atoms with E-state index in [4.69, 9.17) is 42.6 Å². The Balaban J connectivity index is 2.28. The van der Waals surface area contributed by atoms with Crippen molar-refractivity contribution >= 4 is 35.8 Å². The monoisotopic (exact) mass is 1090 g/mol. The van der Waals surface area contributed by atoms with Crippen LogP contribution in [0.5, 0.6) is 11.5 Å². The minimum absolute atomic E-state index is 0.127. The first kappa shape index (κ1) is 62.5. The van der Waals surface area contributed by atoms with E-state index in [9.17, 15) is 103 Å². The molecular formula is C39H42F17NO15. The zero-order valence-corrected chi connectivity index (χ0v) is 37.7. The van der Waals surface area contributed by atoms with Crippen LogP contribution in [0.3, 0.4) is 0 Å². The van der Waals surface area contributed by atoms with Crippen LogP contribution in [-0.2, 0) is 61.9 Å². The van der Waals surface area contributed by atoms with E-state index in [0.29, 0.717) is 0 Å². The highest BCUT2D eigenvalue weighted by Gasteiger charge is 2.95. The third-order valence-corrected chi connectivity index (χ3v) is 9.70. The van der Waals surface area contributed by atoms with Crippen molar-refractivity contribution in [1.29, 1.82) is 0 Å². The quantitative estimate of drug-likeness (QED) is 0.0466. The number of halogens is 17. The topological polar surface area (TPSA) is 198 Å². The smallest absolute Gasteiger partial charge is 0.460 e. The van der Waals surface area contributed by atoms with Crippen molar-refractivity contribution in [1.82, 2.24) is 5.32 Å². The Hall–Kier alpha value is -5.63. The number of methoxy groups -OCH3 is 1. The maximum absolute atomic E-state index is 14.3. The Bertz CT molecular complexity index is 2080. The van der Waals surface area contributed by atoms with Gasteiger partial charge in [-0.15, -0.1) is 0 Å². The molecule has 0 radical (unpaired) electrons. The summed E-state index contributed by atoms with van der Waals surface area (Å²) >= 11 is 0. The van der Waals surface area contributed by atoms with E-state index in [0.717, 1.165) is 66.0 Å². The average molecular weight is 1090 g/mol. The van der Waals surface area contributed by atoms with Crippen LogP contribution in [0, 0.1) is 0 Å². The van der Waals surface area contributed by atoms with Crippen LogP contribution in [0.1, 0.15) is 53.9 Å². The number of carbonyl (C=O) groups excluding carboxylic acids is 6. The van der Waals surface area contributed by atoms with Gasteiger partial charge in [-0.3, -0.25) is 24.0 Å². The second-order valence-corrected chi connectivity index (χ2v) is 15.2. The summed E-state index contributed by atoms with van der Waals surface area (Å²) in [5, 5.41) is 2.43. The summed E-state index contributed by atoms with van der Waals surface area (Å²) in [7, 11) is 0.859. The highest BCUT2D eigenvalue weighted by molar-refractivity contribution is 5.79.